The lowest BCUT2D eigenvalue weighted by atomic mass is 10.3. The smallest absolute Gasteiger partial charge is 0.246 e. The van der Waals surface area contributed by atoms with Crippen LogP contribution in [0.3, 0.4) is 0 Å². The van der Waals surface area contributed by atoms with Crippen molar-refractivity contribution in [1.82, 2.24) is 4.31 Å². The van der Waals surface area contributed by atoms with Gasteiger partial charge in [0.2, 0.25) is 10.0 Å². The topological polar surface area (TPSA) is 76.5 Å². The van der Waals surface area contributed by atoms with Gasteiger partial charge in [-0.2, -0.15) is 4.31 Å². The maximum absolute atomic E-state index is 13.7. The van der Waals surface area contributed by atoms with Crippen molar-refractivity contribution in [1.29, 1.82) is 0 Å². The van der Waals surface area contributed by atoms with Crippen molar-refractivity contribution in [2.24, 2.45) is 0 Å². The summed E-state index contributed by atoms with van der Waals surface area (Å²) in [4.78, 5) is -0.802. The van der Waals surface area contributed by atoms with Gasteiger partial charge in [0.05, 0.1) is 12.8 Å². The van der Waals surface area contributed by atoms with Crippen molar-refractivity contribution in [3.05, 3.63) is 47.9 Å². The van der Waals surface area contributed by atoms with Gasteiger partial charge in [-0.3, -0.25) is 0 Å². The summed E-state index contributed by atoms with van der Waals surface area (Å²) in [6, 6.07) is 4.77. The predicted molar refractivity (Wildman–Crippen MR) is 68.1 cm³/mol. The first-order valence-electron chi connectivity index (χ1n) is 5.55. The summed E-state index contributed by atoms with van der Waals surface area (Å²) in [6.45, 7) is -0.106. The average Bonchev–Trinajstić information content (AvgIpc) is 2.86. The van der Waals surface area contributed by atoms with E-state index in [0.29, 0.717) is 5.76 Å². The highest BCUT2D eigenvalue weighted by Crippen LogP contribution is 2.24. The van der Waals surface area contributed by atoms with Crippen molar-refractivity contribution < 1.29 is 21.6 Å². The zero-order valence-corrected chi connectivity index (χ0v) is 11.3. The molecule has 2 N–H and O–H groups in total. The summed E-state index contributed by atoms with van der Waals surface area (Å²) in [7, 11) is -2.98. The van der Waals surface area contributed by atoms with Crippen LogP contribution in [-0.2, 0) is 16.6 Å². The largest absolute Gasteiger partial charge is 0.468 e. The number of halogens is 2. The van der Waals surface area contributed by atoms with E-state index in [9.17, 15) is 17.2 Å². The minimum absolute atomic E-state index is 0.106. The number of nitrogens with zero attached hydrogens (tertiary/aromatic N) is 1. The van der Waals surface area contributed by atoms with E-state index in [1.807, 2.05) is 0 Å². The van der Waals surface area contributed by atoms with E-state index in [4.69, 9.17) is 10.2 Å². The number of sulfonamides is 1. The van der Waals surface area contributed by atoms with Crippen molar-refractivity contribution >= 4 is 15.7 Å². The molecule has 0 atom stereocenters. The monoisotopic (exact) mass is 302 g/mol. The highest BCUT2D eigenvalue weighted by atomic mass is 32.2. The van der Waals surface area contributed by atoms with E-state index in [-0.39, 0.29) is 12.2 Å². The lowest BCUT2D eigenvalue weighted by Gasteiger charge is -2.16. The molecule has 0 radical (unpaired) electrons. The third-order valence-corrected chi connectivity index (χ3v) is 4.47. The minimum atomic E-state index is -4.21. The van der Waals surface area contributed by atoms with Crippen LogP contribution >= 0.6 is 0 Å². The summed E-state index contributed by atoms with van der Waals surface area (Å²) in [5.74, 6) is -2.39. The molecule has 1 heterocycles. The summed E-state index contributed by atoms with van der Waals surface area (Å²) >= 11 is 0. The second kappa shape index (κ2) is 5.22. The van der Waals surface area contributed by atoms with E-state index in [1.54, 1.807) is 12.1 Å². The molecule has 20 heavy (non-hydrogen) atoms. The Morgan fingerprint density at radius 2 is 2.05 bits per heavy atom. The van der Waals surface area contributed by atoms with Gasteiger partial charge in [0.1, 0.15) is 10.7 Å². The number of hydrogen-bond acceptors (Lipinski definition) is 4. The first kappa shape index (κ1) is 14.5. The minimum Gasteiger partial charge on any atom is -0.468 e. The molecule has 0 fully saturated rings. The zero-order chi connectivity index (χ0) is 14.9. The number of benzene rings is 1. The Morgan fingerprint density at radius 3 is 2.65 bits per heavy atom. The Hall–Kier alpha value is -1.93. The molecule has 0 bridgehead atoms. The molecule has 1 aromatic carbocycles. The number of rotatable bonds is 4. The van der Waals surface area contributed by atoms with Crippen molar-refractivity contribution in [3.63, 3.8) is 0 Å². The van der Waals surface area contributed by atoms with Gasteiger partial charge in [-0.05, 0) is 24.3 Å². The van der Waals surface area contributed by atoms with Gasteiger partial charge in [0.15, 0.2) is 11.6 Å². The number of hydrogen-bond donors (Lipinski definition) is 1. The lowest BCUT2D eigenvalue weighted by Crippen LogP contribution is -2.27. The van der Waals surface area contributed by atoms with Crippen LogP contribution in [0, 0.1) is 11.6 Å². The second-order valence-corrected chi connectivity index (χ2v) is 6.17. The fourth-order valence-electron chi connectivity index (χ4n) is 1.65. The molecule has 1 aromatic heterocycles. The third-order valence-electron chi connectivity index (χ3n) is 2.66. The van der Waals surface area contributed by atoms with Gasteiger partial charge in [-0.15, -0.1) is 0 Å². The van der Waals surface area contributed by atoms with Gasteiger partial charge in [0.25, 0.3) is 0 Å². The molecule has 0 spiro atoms. The molecule has 0 aliphatic heterocycles. The van der Waals surface area contributed by atoms with Gasteiger partial charge < -0.3 is 10.2 Å². The van der Waals surface area contributed by atoms with Crippen LogP contribution in [0.25, 0.3) is 0 Å². The quantitative estimate of drug-likeness (QED) is 0.876. The Morgan fingerprint density at radius 1 is 1.35 bits per heavy atom. The van der Waals surface area contributed by atoms with E-state index in [0.717, 1.165) is 16.4 Å². The molecule has 108 valence electrons. The Kier molecular flexibility index (Phi) is 3.78. The molecular formula is C12H12F2N2O3S. The van der Waals surface area contributed by atoms with Crippen LogP contribution in [-0.4, -0.2) is 19.8 Å². The van der Waals surface area contributed by atoms with E-state index in [1.165, 1.54) is 13.3 Å². The molecular weight excluding hydrogens is 290 g/mol. The fourth-order valence-corrected chi connectivity index (χ4v) is 2.89. The second-order valence-electron chi connectivity index (χ2n) is 4.16. The van der Waals surface area contributed by atoms with E-state index >= 15 is 0 Å². The SMILES string of the molecule is CN(Cc1ccco1)S(=O)(=O)c1cc(N)cc(F)c1F. The Labute approximate surface area is 114 Å². The lowest BCUT2D eigenvalue weighted by molar-refractivity contribution is 0.401. The molecule has 0 amide bonds. The highest BCUT2D eigenvalue weighted by molar-refractivity contribution is 7.89. The molecule has 2 aromatic rings. The van der Waals surface area contributed by atoms with Crippen LogP contribution in [0.2, 0.25) is 0 Å². The van der Waals surface area contributed by atoms with Gasteiger partial charge in [0, 0.05) is 12.7 Å². The van der Waals surface area contributed by atoms with E-state index in [2.05, 4.69) is 0 Å². The fraction of sp³-hybridized carbons (Fsp3) is 0.167. The highest BCUT2D eigenvalue weighted by Gasteiger charge is 2.27. The van der Waals surface area contributed by atoms with Gasteiger partial charge in [-0.1, -0.05) is 0 Å². The van der Waals surface area contributed by atoms with Gasteiger partial charge >= 0.3 is 0 Å². The normalized spacial score (nSPS) is 12.0. The Bertz CT molecular complexity index is 715. The van der Waals surface area contributed by atoms with E-state index < -0.39 is 26.6 Å². The number of furan rings is 1. The number of nitrogen functional groups attached to an aromatic ring is 1. The van der Waals surface area contributed by atoms with Crippen LogP contribution < -0.4 is 5.73 Å². The molecule has 0 aliphatic carbocycles. The maximum Gasteiger partial charge on any atom is 0.246 e. The maximum atomic E-state index is 13.7. The summed E-state index contributed by atoms with van der Waals surface area (Å²) in [6.07, 6.45) is 1.39. The first-order chi connectivity index (χ1) is 9.32. The molecule has 0 unspecified atom stereocenters. The summed E-state index contributed by atoms with van der Waals surface area (Å²) < 4.78 is 57.2. The van der Waals surface area contributed by atoms with Crippen LogP contribution in [0.1, 0.15) is 5.76 Å². The molecule has 0 aliphatic rings. The number of nitrogens with two attached hydrogens (primary N) is 1. The zero-order valence-electron chi connectivity index (χ0n) is 10.5. The molecule has 5 nitrogen and oxygen atoms in total. The van der Waals surface area contributed by atoms with Crippen molar-refractivity contribution in [2.45, 2.75) is 11.4 Å². The van der Waals surface area contributed by atoms with Gasteiger partial charge in [-0.25, -0.2) is 17.2 Å². The van der Waals surface area contributed by atoms with Crippen LogP contribution in [0.15, 0.2) is 39.8 Å². The van der Waals surface area contributed by atoms with Crippen molar-refractivity contribution in [3.8, 4) is 0 Å². The molecule has 8 heteroatoms. The standard InChI is InChI=1S/C12H12F2N2O3S/c1-16(7-9-3-2-4-19-9)20(17,18)11-6-8(15)5-10(13)12(11)14/h2-6H,7,15H2,1H3. The summed E-state index contributed by atoms with van der Waals surface area (Å²) in [5.41, 5.74) is 5.18. The number of anilines is 1. The average molecular weight is 302 g/mol. The van der Waals surface area contributed by atoms with Crippen LogP contribution in [0.5, 0.6) is 0 Å². The Balaban J connectivity index is 2.40. The summed E-state index contributed by atoms with van der Waals surface area (Å²) in [5, 5.41) is 0. The molecule has 0 saturated carbocycles. The molecule has 2 rings (SSSR count). The third kappa shape index (κ3) is 2.66. The predicted octanol–water partition coefficient (Wildman–Crippen LogP) is 1.96. The van der Waals surface area contributed by atoms with Crippen LogP contribution in [0.4, 0.5) is 14.5 Å². The van der Waals surface area contributed by atoms with Crippen molar-refractivity contribution in [2.75, 3.05) is 12.8 Å². The first-order valence-corrected chi connectivity index (χ1v) is 6.99. The molecule has 0 saturated heterocycles.